The summed E-state index contributed by atoms with van der Waals surface area (Å²) in [5.41, 5.74) is 0. The van der Waals surface area contributed by atoms with E-state index in [1.54, 1.807) is 0 Å². The Bertz CT molecular complexity index is 332. The molecule has 8 heteroatoms. The topological polar surface area (TPSA) is 58.2 Å². The number of hydrogen-bond acceptors (Lipinski definition) is 2. The van der Waals surface area contributed by atoms with Gasteiger partial charge in [0.25, 0.3) is 10.2 Å². The van der Waals surface area contributed by atoms with Crippen molar-refractivity contribution < 1.29 is 21.6 Å². The Labute approximate surface area is 92.8 Å². The van der Waals surface area contributed by atoms with Crippen LogP contribution in [0.1, 0.15) is 19.3 Å². The molecule has 0 aliphatic rings. The Morgan fingerprint density at radius 3 is 2.31 bits per heavy atom. The lowest BCUT2D eigenvalue weighted by Crippen LogP contribution is -2.41. The minimum Gasteiger partial charge on any atom is -0.202 e. The molecule has 0 aromatic heterocycles. The number of nitrogens with one attached hydrogen (secondary N) is 2. The van der Waals surface area contributed by atoms with Gasteiger partial charge in [0, 0.05) is 13.0 Å². The second-order valence-electron chi connectivity index (χ2n) is 3.00. The quantitative estimate of drug-likeness (QED) is 0.523. The first-order valence-corrected chi connectivity index (χ1v) is 5.99. The summed E-state index contributed by atoms with van der Waals surface area (Å²) in [4.78, 5) is 0. The van der Waals surface area contributed by atoms with E-state index in [9.17, 15) is 21.6 Å². The van der Waals surface area contributed by atoms with Crippen LogP contribution in [0.4, 0.5) is 13.2 Å². The van der Waals surface area contributed by atoms with Crippen molar-refractivity contribution in [2.75, 3.05) is 13.1 Å². The molecule has 4 nitrogen and oxygen atoms in total. The smallest absolute Gasteiger partial charge is 0.202 e. The Morgan fingerprint density at radius 1 is 1.19 bits per heavy atom. The number of unbranched alkanes of at least 4 members (excludes halogenated alkanes) is 2. The predicted octanol–water partition coefficient (Wildman–Crippen LogP) is 0.776. The van der Waals surface area contributed by atoms with Crippen LogP contribution in [0.25, 0.3) is 0 Å². The summed E-state index contributed by atoms with van der Waals surface area (Å²) in [5, 5.41) is 0. The Hall–Kier alpha value is -0.780. The second kappa shape index (κ2) is 6.73. The van der Waals surface area contributed by atoms with Crippen LogP contribution in [0.3, 0.4) is 0 Å². The molecule has 0 atom stereocenters. The molecule has 0 aromatic rings. The van der Waals surface area contributed by atoms with Crippen molar-refractivity contribution in [2.24, 2.45) is 0 Å². The first kappa shape index (κ1) is 15.2. The van der Waals surface area contributed by atoms with Gasteiger partial charge in [0.2, 0.25) is 0 Å². The van der Waals surface area contributed by atoms with E-state index in [0.29, 0.717) is 19.3 Å². The summed E-state index contributed by atoms with van der Waals surface area (Å²) in [6, 6.07) is 0. The molecule has 0 saturated heterocycles. The molecule has 0 radical (unpaired) electrons. The van der Waals surface area contributed by atoms with Gasteiger partial charge < -0.3 is 0 Å². The van der Waals surface area contributed by atoms with E-state index in [1.807, 2.05) is 4.72 Å². The van der Waals surface area contributed by atoms with E-state index in [1.165, 1.54) is 4.72 Å². The van der Waals surface area contributed by atoms with Crippen molar-refractivity contribution in [1.29, 1.82) is 0 Å². The summed E-state index contributed by atoms with van der Waals surface area (Å²) in [6.07, 6.45) is 2.03. The zero-order valence-corrected chi connectivity index (χ0v) is 9.29. The summed E-state index contributed by atoms with van der Waals surface area (Å²) < 4.78 is 60.4. The molecule has 0 aliphatic heterocycles. The predicted molar refractivity (Wildman–Crippen MR) is 53.7 cm³/mol. The van der Waals surface area contributed by atoms with Gasteiger partial charge in [-0.2, -0.15) is 26.3 Å². The number of rotatable bonds is 7. The van der Waals surface area contributed by atoms with Gasteiger partial charge in [-0.25, -0.2) is 4.72 Å². The van der Waals surface area contributed by atoms with Gasteiger partial charge in [0.15, 0.2) is 0 Å². The van der Waals surface area contributed by atoms with Crippen molar-refractivity contribution in [2.45, 2.75) is 25.4 Å². The monoisotopic (exact) mass is 258 g/mol. The highest BCUT2D eigenvalue weighted by Gasteiger charge is 2.29. The molecule has 0 aliphatic carbocycles. The maximum Gasteiger partial charge on any atom is 0.402 e. The SMILES string of the molecule is C#CCCCCNS(=O)(=O)NCC(F)(F)F. The zero-order chi connectivity index (χ0) is 12.7. The standard InChI is InChI=1S/C8H13F3N2O2S/c1-2-3-4-5-6-12-16(14,15)13-7-8(9,10)11/h1,12-13H,3-7H2. The van der Waals surface area contributed by atoms with E-state index < -0.39 is 22.9 Å². The lowest BCUT2D eigenvalue weighted by molar-refractivity contribution is -0.121. The Morgan fingerprint density at radius 2 is 1.81 bits per heavy atom. The summed E-state index contributed by atoms with van der Waals surface area (Å²) in [7, 11) is -4.07. The van der Waals surface area contributed by atoms with Crippen LogP contribution in [0.15, 0.2) is 0 Å². The maximum atomic E-state index is 11.7. The molecule has 94 valence electrons. The van der Waals surface area contributed by atoms with Crippen LogP contribution in [0, 0.1) is 12.3 Å². The van der Waals surface area contributed by atoms with Gasteiger partial charge in [-0.3, -0.25) is 0 Å². The minimum absolute atomic E-state index is 0.0644. The summed E-state index contributed by atoms with van der Waals surface area (Å²) >= 11 is 0. The molecule has 0 bridgehead atoms. The third-order valence-electron chi connectivity index (χ3n) is 1.50. The molecule has 0 amide bonds. The Kier molecular flexibility index (Phi) is 6.40. The number of alkyl halides is 3. The molecule has 0 unspecified atom stereocenters. The highest BCUT2D eigenvalue weighted by molar-refractivity contribution is 7.87. The van der Waals surface area contributed by atoms with E-state index in [-0.39, 0.29) is 6.54 Å². The largest absolute Gasteiger partial charge is 0.402 e. The fourth-order valence-electron chi connectivity index (χ4n) is 0.786. The molecule has 0 fully saturated rings. The van der Waals surface area contributed by atoms with Gasteiger partial charge in [-0.15, -0.1) is 12.3 Å². The average molecular weight is 258 g/mol. The Balaban J connectivity index is 3.77. The van der Waals surface area contributed by atoms with Crippen LogP contribution < -0.4 is 9.44 Å². The lowest BCUT2D eigenvalue weighted by atomic mass is 10.2. The fourth-order valence-corrected chi connectivity index (χ4v) is 1.66. The highest BCUT2D eigenvalue weighted by Crippen LogP contribution is 2.12. The molecular formula is C8H13F3N2O2S. The zero-order valence-electron chi connectivity index (χ0n) is 8.47. The van der Waals surface area contributed by atoms with E-state index in [4.69, 9.17) is 6.42 Å². The first-order valence-electron chi connectivity index (χ1n) is 4.51. The molecule has 0 aromatic carbocycles. The van der Waals surface area contributed by atoms with Crippen LogP contribution >= 0.6 is 0 Å². The van der Waals surface area contributed by atoms with Crippen molar-refractivity contribution in [3.05, 3.63) is 0 Å². The van der Waals surface area contributed by atoms with Crippen molar-refractivity contribution in [3.63, 3.8) is 0 Å². The van der Waals surface area contributed by atoms with Gasteiger partial charge >= 0.3 is 6.18 Å². The van der Waals surface area contributed by atoms with Gasteiger partial charge in [0.1, 0.15) is 6.54 Å². The fraction of sp³-hybridized carbons (Fsp3) is 0.750. The van der Waals surface area contributed by atoms with Gasteiger partial charge in [-0.1, -0.05) is 0 Å². The number of terminal acetylenes is 1. The molecule has 0 rings (SSSR count). The molecular weight excluding hydrogens is 245 g/mol. The van der Waals surface area contributed by atoms with Crippen LogP contribution in [0.2, 0.25) is 0 Å². The normalized spacial score (nSPS) is 12.4. The van der Waals surface area contributed by atoms with Crippen molar-refractivity contribution in [3.8, 4) is 12.3 Å². The van der Waals surface area contributed by atoms with E-state index >= 15 is 0 Å². The summed E-state index contributed by atoms with van der Waals surface area (Å²) in [5.74, 6) is 2.37. The maximum absolute atomic E-state index is 11.7. The van der Waals surface area contributed by atoms with Gasteiger partial charge in [-0.05, 0) is 12.8 Å². The lowest BCUT2D eigenvalue weighted by Gasteiger charge is -2.09. The molecule has 16 heavy (non-hydrogen) atoms. The summed E-state index contributed by atoms with van der Waals surface area (Å²) in [6.45, 7) is -1.51. The van der Waals surface area contributed by atoms with Crippen LogP contribution in [-0.2, 0) is 10.2 Å². The molecule has 0 spiro atoms. The minimum atomic E-state index is -4.56. The van der Waals surface area contributed by atoms with E-state index in [2.05, 4.69) is 5.92 Å². The third-order valence-corrected chi connectivity index (χ3v) is 2.61. The second-order valence-corrected chi connectivity index (χ2v) is 4.58. The van der Waals surface area contributed by atoms with E-state index in [0.717, 1.165) is 0 Å². The first-order chi connectivity index (χ1) is 7.27. The number of halogens is 3. The van der Waals surface area contributed by atoms with Gasteiger partial charge in [0.05, 0.1) is 0 Å². The molecule has 0 heterocycles. The van der Waals surface area contributed by atoms with Crippen LogP contribution in [-0.4, -0.2) is 27.7 Å². The van der Waals surface area contributed by atoms with Crippen molar-refractivity contribution in [1.82, 2.24) is 9.44 Å². The average Bonchev–Trinajstić information content (AvgIpc) is 2.14. The van der Waals surface area contributed by atoms with Crippen molar-refractivity contribution >= 4 is 10.2 Å². The third kappa shape index (κ3) is 9.76. The van der Waals surface area contributed by atoms with Crippen LogP contribution in [0.5, 0.6) is 0 Å². The highest BCUT2D eigenvalue weighted by atomic mass is 32.2. The number of hydrogen-bond donors (Lipinski definition) is 2. The molecule has 2 N–H and O–H groups in total. The molecule has 0 saturated carbocycles.